The Bertz CT molecular complexity index is 656. The van der Waals surface area contributed by atoms with E-state index in [4.69, 9.17) is 0 Å². The van der Waals surface area contributed by atoms with Crippen molar-refractivity contribution in [1.29, 1.82) is 0 Å². The van der Waals surface area contributed by atoms with E-state index in [1.165, 1.54) is 69.1 Å². The number of amides is 4. The van der Waals surface area contributed by atoms with Gasteiger partial charge in [-0.25, -0.2) is 4.79 Å². The molecule has 194 valence electrons. The summed E-state index contributed by atoms with van der Waals surface area (Å²) in [5.41, 5.74) is -1.20. The monoisotopic (exact) mass is 474 g/mol. The second-order valence-corrected chi connectivity index (χ2v) is 10.3. The van der Waals surface area contributed by atoms with Gasteiger partial charge in [0.15, 0.2) is 0 Å². The minimum Gasteiger partial charge on any atom is -0.277 e. The Morgan fingerprint density at radius 3 is 1.91 bits per heavy atom. The van der Waals surface area contributed by atoms with Gasteiger partial charge in [-0.1, -0.05) is 96.8 Å². The van der Waals surface area contributed by atoms with E-state index in [9.17, 15) is 14.4 Å². The van der Waals surface area contributed by atoms with Crippen LogP contribution in [0.2, 0.25) is 0 Å². The molecule has 1 rings (SSSR count). The molecular formula is C29H50N2O3. The van der Waals surface area contributed by atoms with Crippen LogP contribution in [0.1, 0.15) is 124 Å². The quantitative estimate of drug-likeness (QED) is 0.112. The third-order valence-electron chi connectivity index (χ3n) is 6.70. The molecule has 1 saturated heterocycles. The molecule has 0 radical (unpaired) electrons. The molecule has 0 aromatic heterocycles. The summed E-state index contributed by atoms with van der Waals surface area (Å²) in [6.45, 7) is 10.3. The topological polar surface area (TPSA) is 66.5 Å². The lowest BCUT2D eigenvalue weighted by atomic mass is 9.74. The Morgan fingerprint density at radius 1 is 0.853 bits per heavy atom. The van der Waals surface area contributed by atoms with Crippen molar-refractivity contribution in [3.05, 3.63) is 24.8 Å². The lowest BCUT2D eigenvalue weighted by Gasteiger charge is -2.39. The van der Waals surface area contributed by atoms with Gasteiger partial charge in [0.2, 0.25) is 11.8 Å². The Hall–Kier alpha value is -1.91. The average molecular weight is 475 g/mol. The second kappa shape index (κ2) is 17.5. The number of nitrogens with one attached hydrogen (secondary N) is 1. The molecule has 0 spiro atoms. The lowest BCUT2D eigenvalue weighted by Crippen LogP contribution is -2.64. The Labute approximate surface area is 208 Å². The number of nitrogens with zero attached hydrogens (tertiary/aromatic N) is 1. The van der Waals surface area contributed by atoms with E-state index in [1.807, 2.05) is 13.8 Å². The van der Waals surface area contributed by atoms with Gasteiger partial charge >= 0.3 is 6.03 Å². The maximum atomic E-state index is 13.2. The first-order chi connectivity index (χ1) is 16.4. The normalized spacial score (nSPS) is 18.8. The molecule has 1 aliphatic rings. The highest BCUT2D eigenvalue weighted by molar-refractivity contribution is 6.19. The summed E-state index contributed by atoms with van der Waals surface area (Å²) < 4.78 is 0. The van der Waals surface area contributed by atoms with Gasteiger partial charge in [-0.2, -0.15) is 0 Å². The molecule has 0 aromatic carbocycles. The minimum absolute atomic E-state index is 0.162. The SMILES string of the molecule is C=CCC1(CC(C)C)C(=O)NC(=O)N(CCCCCCCC/C=C\CCCCCCCC)C1=O. The molecule has 1 fully saturated rings. The van der Waals surface area contributed by atoms with E-state index in [1.54, 1.807) is 6.08 Å². The van der Waals surface area contributed by atoms with E-state index in [0.717, 1.165) is 25.7 Å². The van der Waals surface area contributed by atoms with Crippen molar-refractivity contribution in [3.8, 4) is 0 Å². The molecule has 5 nitrogen and oxygen atoms in total. The standard InChI is InChI=1S/C29H50N2O3/c1-5-7-8-9-10-11-12-13-14-15-16-17-18-19-20-21-23-31-27(33)29(22-6-2,24-25(3)4)26(32)30-28(31)34/h6,13-14,25H,2,5,7-12,15-24H2,1,3-4H3,(H,30,32,34)/b14-13-. The van der Waals surface area contributed by atoms with Gasteiger partial charge in [0.25, 0.3) is 0 Å². The minimum atomic E-state index is -1.20. The number of imide groups is 2. The third kappa shape index (κ3) is 10.6. The highest BCUT2D eigenvalue weighted by atomic mass is 16.2. The van der Waals surface area contributed by atoms with Crippen molar-refractivity contribution in [2.24, 2.45) is 11.3 Å². The maximum absolute atomic E-state index is 13.2. The van der Waals surface area contributed by atoms with Crippen LogP contribution >= 0.6 is 0 Å². The van der Waals surface area contributed by atoms with Gasteiger partial charge in [-0.15, -0.1) is 6.58 Å². The maximum Gasteiger partial charge on any atom is 0.330 e. The van der Waals surface area contributed by atoms with Crippen molar-refractivity contribution in [1.82, 2.24) is 10.2 Å². The van der Waals surface area contributed by atoms with Gasteiger partial charge in [0, 0.05) is 6.54 Å². The van der Waals surface area contributed by atoms with Crippen molar-refractivity contribution >= 4 is 17.8 Å². The molecule has 1 atom stereocenters. The molecule has 1 N–H and O–H groups in total. The lowest BCUT2D eigenvalue weighted by molar-refractivity contribution is -0.152. The van der Waals surface area contributed by atoms with E-state index in [2.05, 4.69) is 31.0 Å². The fraction of sp³-hybridized carbons (Fsp3) is 0.759. The number of hydrogen-bond acceptors (Lipinski definition) is 3. The summed E-state index contributed by atoms with van der Waals surface area (Å²) in [5.74, 6) is -0.675. The van der Waals surface area contributed by atoms with Crippen molar-refractivity contribution in [2.45, 2.75) is 124 Å². The number of carbonyl (C=O) groups is 3. The van der Waals surface area contributed by atoms with E-state index < -0.39 is 17.4 Å². The summed E-state index contributed by atoms with van der Waals surface area (Å²) in [7, 11) is 0. The van der Waals surface area contributed by atoms with Gasteiger partial charge in [-0.05, 0) is 50.9 Å². The fourth-order valence-corrected chi connectivity index (χ4v) is 4.84. The first-order valence-electron chi connectivity index (χ1n) is 13.8. The number of barbiturate groups is 1. The summed E-state index contributed by atoms with van der Waals surface area (Å²) in [6.07, 6.45) is 23.9. The number of hydrogen-bond donors (Lipinski definition) is 1. The predicted octanol–water partition coefficient (Wildman–Crippen LogP) is 7.71. The van der Waals surface area contributed by atoms with Gasteiger partial charge in [0.1, 0.15) is 5.41 Å². The van der Waals surface area contributed by atoms with Gasteiger partial charge < -0.3 is 0 Å². The Morgan fingerprint density at radius 2 is 1.38 bits per heavy atom. The van der Waals surface area contributed by atoms with Gasteiger partial charge in [0.05, 0.1) is 0 Å². The molecule has 34 heavy (non-hydrogen) atoms. The van der Waals surface area contributed by atoms with Crippen molar-refractivity contribution in [3.63, 3.8) is 0 Å². The first kappa shape index (κ1) is 30.1. The third-order valence-corrected chi connectivity index (χ3v) is 6.70. The fourth-order valence-electron chi connectivity index (χ4n) is 4.84. The van der Waals surface area contributed by atoms with Crippen LogP contribution in [0.5, 0.6) is 0 Å². The zero-order valence-electron chi connectivity index (χ0n) is 22.2. The predicted molar refractivity (Wildman–Crippen MR) is 141 cm³/mol. The largest absolute Gasteiger partial charge is 0.330 e. The van der Waals surface area contributed by atoms with E-state index in [0.29, 0.717) is 13.0 Å². The molecule has 1 aliphatic heterocycles. The molecule has 0 saturated carbocycles. The van der Waals surface area contributed by atoms with Crippen LogP contribution in [0.3, 0.4) is 0 Å². The summed E-state index contributed by atoms with van der Waals surface area (Å²) in [4.78, 5) is 39.4. The number of carbonyl (C=O) groups excluding carboxylic acids is 3. The molecule has 1 heterocycles. The molecule has 5 heteroatoms. The first-order valence-corrected chi connectivity index (χ1v) is 13.8. The van der Waals surface area contributed by atoms with Crippen molar-refractivity contribution < 1.29 is 14.4 Å². The van der Waals surface area contributed by atoms with Crippen LogP contribution < -0.4 is 5.32 Å². The van der Waals surface area contributed by atoms with E-state index >= 15 is 0 Å². The smallest absolute Gasteiger partial charge is 0.277 e. The highest BCUT2D eigenvalue weighted by Gasteiger charge is 2.52. The average Bonchev–Trinajstić information content (AvgIpc) is 2.79. The second-order valence-electron chi connectivity index (χ2n) is 10.3. The zero-order valence-corrected chi connectivity index (χ0v) is 22.2. The van der Waals surface area contributed by atoms with Crippen LogP contribution in [0, 0.1) is 11.3 Å². The summed E-state index contributed by atoms with van der Waals surface area (Å²) in [5, 5.41) is 2.42. The molecule has 4 amide bonds. The van der Waals surface area contributed by atoms with Crippen LogP contribution in [0.4, 0.5) is 4.79 Å². The zero-order chi connectivity index (χ0) is 25.2. The van der Waals surface area contributed by atoms with Crippen LogP contribution in [0.15, 0.2) is 24.8 Å². The van der Waals surface area contributed by atoms with Gasteiger partial charge in [-0.3, -0.25) is 19.8 Å². The number of allylic oxidation sites excluding steroid dienone is 3. The highest BCUT2D eigenvalue weighted by Crippen LogP contribution is 2.36. The number of unbranched alkanes of at least 4 members (excludes halogenated alkanes) is 12. The van der Waals surface area contributed by atoms with Crippen molar-refractivity contribution in [2.75, 3.05) is 6.54 Å². The van der Waals surface area contributed by atoms with Crippen LogP contribution in [-0.4, -0.2) is 29.3 Å². The Kier molecular flexibility index (Phi) is 15.5. The molecule has 0 bridgehead atoms. The summed E-state index contributed by atoms with van der Waals surface area (Å²) >= 11 is 0. The van der Waals surface area contributed by atoms with Crippen LogP contribution in [0.25, 0.3) is 0 Å². The number of urea groups is 1. The molecule has 0 aliphatic carbocycles. The van der Waals surface area contributed by atoms with E-state index in [-0.39, 0.29) is 18.2 Å². The van der Waals surface area contributed by atoms with Crippen LogP contribution in [-0.2, 0) is 9.59 Å². The summed E-state index contributed by atoms with van der Waals surface area (Å²) in [6, 6.07) is -0.578. The molecule has 1 unspecified atom stereocenters. The molecular weight excluding hydrogens is 424 g/mol. The number of rotatable bonds is 20. The molecule has 0 aromatic rings. The Balaban J connectivity index is 2.21.